The van der Waals surface area contributed by atoms with Gasteiger partial charge in [-0.2, -0.15) is 0 Å². The summed E-state index contributed by atoms with van der Waals surface area (Å²) in [5.41, 5.74) is 0.491. The van der Waals surface area contributed by atoms with E-state index in [4.69, 9.17) is 16.3 Å². The number of rotatable bonds is 2. The number of piperidine rings is 1. The third-order valence-electron chi connectivity index (χ3n) is 4.59. The predicted molar refractivity (Wildman–Crippen MR) is 91.7 cm³/mol. The number of hydrogen-bond acceptors (Lipinski definition) is 5. The molecule has 2 atom stereocenters. The van der Waals surface area contributed by atoms with Crippen LogP contribution < -0.4 is 0 Å². The van der Waals surface area contributed by atoms with Gasteiger partial charge in [0.25, 0.3) is 0 Å². The molecule has 0 spiro atoms. The smallest absolute Gasteiger partial charge is 0.410 e. The summed E-state index contributed by atoms with van der Waals surface area (Å²) in [6.07, 6.45) is 4.16. The molecule has 24 heavy (non-hydrogen) atoms. The van der Waals surface area contributed by atoms with Crippen LogP contribution in [-0.4, -0.2) is 57.6 Å². The summed E-state index contributed by atoms with van der Waals surface area (Å²) >= 11 is 5.78. The molecule has 0 N–H and O–H groups in total. The van der Waals surface area contributed by atoms with Gasteiger partial charge in [0.15, 0.2) is 0 Å². The maximum Gasteiger partial charge on any atom is 0.410 e. The molecule has 0 aromatic carbocycles. The summed E-state index contributed by atoms with van der Waals surface area (Å²) in [6, 6.07) is 0. The molecule has 1 aromatic rings. The number of nitrogens with zero attached hydrogens (tertiary/aromatic N) is 4. The first-order valence-electron chi connectivity index (χ1n) is 8.47. The van der Waals surface area contributed by atoms with E-state index in [0.717, 1.165) is 44.8 Å². The minimum atomic E-state index is -0.442. The van der Waals surface area contributed by atoms with Crippen LogP contribution in [0, 0.1) is 11.8 Å². The average molecular weight is 353 g/mol. The van der Waals surface area contributed by atoms with Crippen LogP contribution in [0.5, 0.6) is 0 Å². The van der Waals surface area contributed by atoms with Gasteiger partial charge < -0.3 is 9.64 Å². The highest BCUT2D eigenvalue weighted by molar-refractivity contribution is 6.29. The zero-order valence-corrected chi connectivity index (χ0v) is 15.3. The Balaban J connectivity index is 1.54. The lowest BCUT2D eigenvalue weighted by Gasteiger charge is -2.35. The maximum absolute atomic E-state index is 12.3. The van der Waals surface area contributed by atoms with Crippen LogP contribution in [0.3, 0.4) is 0 Å². The van der Waals surface area contributed by atoms with Crippen LogP contribution in [0.4, 0.5) is 4.79 Å². The van der Waals surface area contributed by atoms with Crippen LogP contribution in [0.1, 0.15) is 32.9 Å². The van der Waals surface area contributed by atoms with Gasteiger partial charge in [0, 0.05) is 32.7 Å². The third kappa shape index (κ3) is 4.36. The topological polar surface area (TPSA) is 58.6 Å². The second-order valence-corrected chi connectivity index (χ2v) is 8.15. The van der Waals surface area contributed by atoms with Gasteiger partial charge in [-0.15, -0.1) is 0 Å². The molecule has 0 radical (unpaired) electrons. The van der Waals surface area contributed by atoms with Gasteiger partial charge in [-0.1, -0.05) is 11.6 Å². The fourth-order valence-corrected chi connectivity index (χ4v) is 3.63. The Morgan fingerprint density at radius 2 is 2.00 bits per heavy atom. The summed E-state index contributed by atoms with van der Waals surface area (Å²) < 4.78 is 5.50. The molecule has 2 saturated heterocycles. The fourth-order valence-electron chi connectivity index (χ4n) is 3.54. The van der Waals surface area contributed by atoms with Crippen molar-refractivity contribution in [1.82, 2.24) is 19.8 Å². The number of carbonyl (C=O) groups excluding carboxylic acids is 1. The number of hydrogen-bond donors (Lipinski definition) is 0. The van der Waals surface area contributed by atoms with Crippen molar-refractivity contribution in [2.24, 2.45) is 11.8 Å². The number of halogens is 1. The van der Waals surface area contributed by atoms with E-state index in [1.54, 1.807) is 12.4 Å². The molecule has 0 aliphatic carbocycles. The van der Waals surface area contributed by atoms with Crippen molar-refractivity contribution in [2.45, 2.75) is 39.3 Å². The molecule has 0 saturated carbocycles. The van der Waals surface area contributed by atoms with Crippen molar-refractivity contribution in [3.8, 4) is 0 Å². The van der Waals surface area contributed by atoms with Crippen LogP contribution >= 0.6 is 11.6 Å². The number of aromatic nitrogens is 2. The van der Waals surface area contributed by atoms with Crippen molar-refractivity contribution < 1.29 is 9.53 Å². The van der Waals surface area contributed by atoms with Gasteiger partial charge in [0.1, 0.15) is 10.8 Å². The largest absolute Gasteiger partial charge is 0.444 e. The molecule has 3 heterocycles. The van der Waals surface area contributed by atoms with E-state index >= 15 is 0 Å². The lowest BCUT2D eigenvalue weighted by atomic mass is 9.89. The number of amides is 1. The molecule has 2 aliphatic heterocycles. The van der Waals surface area contributed by atoms with Gasteiger partial charge in [-0.05, 0) is 39.0 Å². The van der Waals surface area contributed by atoms with Crippen molar-refractivity contribution in [3.05, 3.63) is 23.2 Å². The molecule has 0 unspecified atom stereocenters. The molecule has 1 aromatic heterocycles. The summed E-state index contributed by atoms with van der Waals surface area (Å²) in [7, 11) is 0. The molecule has 7 heteroatoms. The van der Waals surface area contributed by atoms with Gasteiger partial charge >= 0.3 is 6.09 Å². The first-order chi connectivity index (χ1) is 11.3. The normalized spacial score (nSPS) is 24.8. The molecule has 2 aliphatic rings. The standard InChI is InChI=1S/C17H25ClN4O2/c1-17(2,3)24-16(23)22-5-4-12-8-21(9-13(12)10-22)11-14-6-20-15(18)7-19-14/h6-7,12-13H,4-5,8-11H2,1-3H3/t12-,13-/m1/s1. The number of ether oxygens (including phenoxy) is 1. The molecule has 132 valence electrons. The van der Waals surface area contributed by atoms with E-state index in [0.29, 0.717) is 17.0 Å². The number of fused-ring (bicyclic) bond motifs is 1. The Bertz CT molecular complexity index is 587. The summed E-state index contributed by atoms with van der Waals surface area (Å²) in [5.74, 6) is 1.15. The van der Waals surface area contributed by atoms with Crippen LogP contribution in [0.2, 0.25) is 5.15 Å². The first-order valence-corrected chi connectivity index (χ1v) is 8.84. The van der Waals surface area contributed by atoms with Gasteiger partial charge in [0.05, 0.1) is 18.1 Å². The SMILES string of the molecule is CC(C)(C)OC(=O)N1CC[C@@H]2CN(Cc3cnc(Cl)cn3)C[C@@H]2C1. The van der Waals surface area contributed by atoms with E-state index in [2.05, 4.69) is 14.9 Å². The average Bonchev–Trinajstić information content (AvgIpc) is 2.89. The summed E-state index contributed by atoms with van der Waals surface area (Å²) in [5, 5.41) is 0.418. The third-order valence-corrected chi connectivity index (χ3v) is 4.78. The minimum Gasteiger partial charge on any atom is -0.444 e. The van der Waals surface area contributed by atoms with E-state index < -0.39 is 5.60 Å². The highest BCUT2D eigenvalue weighted by atomic mass is 35.5. The monoisotopic (exact) mass is 352 g/mol. The molecular weight excluding hydrogens is 328 g/mol. The summed E-state index contributed by atoms with van der Waals surface area (Å²) in [4.78, 5) is 24.9. The Hall–Kier alpha value is -1.40. The Morgan fingerprint density at radius 1 is 1.25 bits per heavy atom. The molecule has 6 nitrogen and oxygen atoms in total. The predicted octanol–water partition coefficient (Wildman–Crippen LogP) is 2.82. The van der Waals surface area contributed by atoms with Gasteiger partial charge in [-0.25, -0.2) is 9.78 Å². The Morgan fingerprint density at radius 3 is 2.67 bits per heavy atom. The first kappa shape index (κ1) is 17.4. The molecular formula is C17H25ClN4O2. The van der Waals surface area contributed by atoms with Gasteiger partial charge in [-0.3, -0.25) is 9.88 Å². The van der Waals surface area contributed by atoms with Crippen molar-refractivity contribution in [1.29, 1.82) is 0 Å². The highest BCUT2D eigenvalue weighted by Crippen LogP contribution is 2.32. The quantitative estimate of drug-likeness (QED) is 0.819. The van der Waals surface area contributed by atoms with Crippen LogP contribution in [0.15, 0.2) is 12.4 Å². The lowest BCUT2D eigenvalue weighted by molar-refractivity contribution is 0.0139. The van der Waals surface area contributed by atoms with E-state index in [-0.39, 0.29) is 6.09 Å². The highest BCUT2D eigenvalue weighted by Gasteiger charge is 2.39. The second kappa shape index (κ2) is 6.84. The zero-order chi connectivity index (χ0) is 17.3. The molecule has 3 rings (SSSR count). The number of carbonyl (C=O) groups is 1. The fraction of sp³-hybridized carbons (Fsp3) is 0.706. The van der Waals surface area contributed by atoms with E-state index in [1.165, 1.54) is 0 Å². The van der Waals surface area contributed by atoms with Gasteiger partial charge in [0.2, 0.25) is 0 Å². The van der Waals surface area contributed by atoms with E-state index in [1.807, 2.05) is 25.7 Å². The lowest BCUT2D eigenvalue weighted by Crippen LogP contribution is -2.45. The van der Waals surface area contributed by atoms with Crippen LogP contribution in [-0.2, 0) is 11.3 Å². The van der Waals surface area contributed by atoms with Crippen LogP contribution in [0.25, 0.3) is 0 Å². The minimum absolute atomic E-state index is 0.192. The Labute approximate surface area is 148 Å². The maximum atomic E-state index is 12.3. The molecule has 2 fully saturated rings. The zero-order valence-electron chi connectivity index (χ0n) is 14.5. The van der Waals surface area contributed by atoms with E-state index in [9.17, 15) is 4.79 Å². The second-order valence-electron chi connectivity index (χ2n) is 7.76. The number of likely N-dealkylation sites (tertiary alicyclic amines) is 2. The molecule has 0 bridgehead atoms. The van der Waals surface area contributed by atoms with Crippen molar-refractivity contribution in [3.63, 3.8) is 0 Å². The van der Waals surface area contributed by atoms with Crippen molar-refractivity contribution in [2.75, 3.05) is 26.2 Å². The Kier molecular flexibility index (Phi) is 4.97. The summed E-state index contributed by atoms with van der Waals surface area (Å²) in [6.45, 7) is 10.1. The molecule has 1 amide bonds. The van der Waals surface area contributed by atoms with Crippen molar-refractivity contribution >= 4 is 17.7 Å².